The average Bonchev–Trinajstić information content (AvgIpc) is 3.04. The van der Waals surface area contributed by atoms with Gasteiger partial charge in [0.15, 0.2) is 17.2 Å². The first kappa shape index (κ1) is 22.0. The Morgan fingerprint density at radius 2 is 2.00 bits per heavy atom. The van der Waals surface area contributed by atoms with E-state index in [2.05, 4.69) is 0 Å². The number of amides is 1. The third kappa shape index (κ3) is 3.18. The molecule has 1 amide bonds. The molecule has 0 aliphatic carbocycles. The van der Waals surface area contributed by atoms with Gasteiger partial charge in [0.25, 0.3) is 5.91 Å². The van der Waals surface area contributed by atoms with Crippen LogP contribution in [0.2, 0.25) is 0 Å². The van der Waals surface area contributed by atoms with Crippen LogP contribution in [-0.2, 0) is 6.42 Å². The van der Waals surface area contributed by atoms with Crippen molar-refractivity contribution in [1.29, 1.82) is 0 Å². The van der Waals surface area contributed by atoms with Gasteiger partial charge in [-0.3, -0.25) is 24.1 Å². The number of nitrogens with zero attached hydrogens (tertiary/aromatic N) is 3. The first-order valence-electron chi connectivity index (χ1n) is 10.7. The van der Waals surface area contributed by atoms with Gasteiger partial charge in [0.05, 0.1) is 5.56 Å². The number of ketones is 1. The lowest BCUT2D eigenvalue weighted by Crippen LogP contribution is -2.67. The molecule has 9 heteroatoms. The number of aryl methyl sites for hydroxylation is 1. The highest BCUT2D eigenvalue weighted by molar-refractivity contribution is 6.00. The van der Waals surface area contributed by atoms with Crippen molar-refractivity contribution in [2.75, 3.05) is 11.6 Å². The molecule has 2 aliphatic heterocycles. The van der Waals surface area contributed by atoms with Gasteiger partial charge in [0, 0.05) is 31.3 Å². The topological polar surface area (TPSA) is 82.9 Å². The van der Waals surface area contributed by atoms with Crippen LogP contribution in [0.3, 0.4) is 0 Å². The second kappa shape index (κ2) is 7.72. The van der Waals surface area contributed by atoms with Gasteiger partial charge in [0.1, 0.15) is 17.3 Å². The summed E-state index contributed by atoms with van der Waals surface area (Å²) in [6, 6.07) is 3.09. The summed E-state index contributed by atoms with van der Waals surface area (Å²) in [5.74, 6) is -3.32. The highest BCUT2D eigenvalue weighted by Gasteiger charge is 2.52. The molecule has 32 heavy (non-hydrogen) atoms. The number of rotatable bonds is 5. The number of benzene rings is 1. The first-order chi connectivity index (χ1) is 15.1. The molecule has 1 N–H and O–H groups in total. The van der Waals surface area contributed by atoms with E-state index in [1.165, 1.54) is 16.9 Å². The molecule has 7 nitrogen and oxygen atoms in total. The number of aromatic nitrogens is 1. The first-order valence-corrected chi connectivity index (χ1v) is 10.7. The maximum absolute atomic E-state index is 13.9. The zero-order chi connectivity index (χ0) is 23.4. The molecule has 2 aromatic rings. The number of pyridine rings is 1. The molecule has 1 aromatic heterocycles. The van der Waals surface area contributed by atoms with E-state index in [0.29, 0.717) is 13.0 Å². The van der Waals surface area contributed by atoms with E-state index in [4.69, 9.17) is 0 Å². The second-order valence-corrected chi connectivity index (χ2v) is 8.57. The van der Waals surface area contributed by atoms with Gasteiger partial charge >= 0.3 is 0 Å². The molecule has 0 bridgehead atoms. The molecule has 0 unspecified atom stereocenters. The third-order valence-electron chi connectivity index (χ3n) is 6.63. The average molecular weight is 445 g/mol. The van der Waals surface area contributed by atoms with Crippen LogP contribution in [-0.4, -0.2) is 44.6 Å². The number of Topliss-reactive ketones (excluding diaryl/α,β-unsaturated/α-hetero) is 1. The summed E-state index contributed by atoms with van der Waals surface area (Å²) in [5, 5.41) is 12.6. The minimum absolute atomic E-state index is 0.000866. The summed E-state index contributed by atoms with van der Waals surface area (Å²) < 4.78 is 28.5. The number of hydrogen-bond acceptors (Lipinski definition) is 5. The van der Waals surface area contributed by atoms with Gasteiger partial charge in [-0.15, -0.1) is 0 Å². The van der Waals surface area contributed by atoms with Crippen LogP contribution in [0.15, 0.2) is 29.2 Å². The summed E-state index contributed by atoms with van der Waals surface area (Å²) in [7, 11) is 0. The predicted octanol–water partition coefficient (Wildman–Crippen LogP) is 2.96. The summed E-state index contributed by atoms with van der Waals surface area (Å²) in [5.41, 5.74) is -1.87. The number of carbonyl (C=O) groups excluding carboxylic acids is 2. The maximum Gasteiger partial charge on any atom is 0.278 e. The minimum Gasteiger partial charge on any atom is -0.502 e. The molecule has 2 aliphatic rings. The Balaban J connectivity index is 1.74. The van der Waals surface area contributed by atoms with Gasteiger partial charge in [-0.2, -0.15) is 0 Å². The second-order valence-electron chi connectivity index (χ2n) is 8.57. The monoisotopic (exact) mass is 445 g/mol. The zero-order valence-electron chi connectivity index (χ0n) is 18.2. The van der Waals surface area contributed by atoms with E-state index < -0.39 is 40.2 Å². The number of hydrogen-bond donors (Lipinski definition) is 1. The fourth-order valence-corrected chi connectivity index (χ4v) is 4.99. The minimum atomic E-state index is -0.930. The number of fused-ring (bicyclic) bond motifs is 3. The largest absolute Gasteiger partial charge is 0.502 e. The highest BCUT2D eigenvalue weighted by Crippen LogP contribution is 2.40. The summed E-state index contributed by atoms with van der Waals surface area (Å²) in [6.45, 7) is 6.14. The van der Waals surface area contributed by atoms with Gasteiger partial charge in [-0.25, -0.2) is 8.78 Å². The fraction of sp³-hybridized carbons (Fsp3) is 0.435. The molecule has 170 valence electrons. The zero-order valence-corrected chi connectivity index (χ0v) is 18.2. The van der Waals surface area contributed by atoms with Crippen molar-refractivity contribution in [3.05, 3.63) is 63.1 Å². The van der Waals surface area contributed by atoms with Gasteiger partial charge in [0.2, 0.25) is 5.43 Å². The van der Waals surface area contributed by atoms with E-state index in [1.807, 2.05) is 25.8 Å². The molecule has 0 spiro atoms. The molecular formula is C23H25F2N3O4. The van der Waals surface area contributed by atoms with Gasteiger partial charge in [-0.05, 0) is 51.7 Å². The standard InChI is InChI=1S/C23H25F2N3O4/c1-4-26-22(32)19-21(31)20(30)16(12-27(19)28-13(2)9-10-23(26,28)3)18(29)8-6-14-5-7-15(24)11-17(14)25/h5,7,11-13,31H,4,6,8-10H2,1-3H3/t13-,23+/m1/s1. The molecule has 1 saturated heterocycles. The maximum atomic E-state index is 13.9. The van der Waals surface area contributed by atoms with Crippen LogP contribution < -0.4 is 10.4 Å². The van der Waals surface area contributed by atoms with Gasteiger partial charge in [-0.1, -0.05) is 6.07 Å². The highest BCUT2D eigenvalue weighted by atomic mass is 19.1. The van der Waals surface area contributed by atoms with Crippen molar-refractivity contribution in [2.24, 2.45) is 0 Å². The summed E-state index contributed by atoms with van der Waals surface area (Å²) in [6.07, 6.45) is 2.56. The number of aromatic hydroxyl groups is 1. The quantitative estimate of drug-likeness (QED) is 0.716. The van der Waals surface area contributed by atoms with Crippen LogP contribution in [0, 0.1) is 11.6 Å². The Bertz CT molecular complexity index is 1180. The molecule has 1 fully saturated rings. The Hall–Kier alpha value is -3.23. The molecule has 1 aromatic carbocycles. The van der Waals surface area contributed by atoms with E-state index in [-0.39, 0.29) is 35.7 Å². The third-order valence-corrected chi connectivity index (χ3v) is 6.63. The van der Waals surface area contributed by atoms with Crippen molar-refractivity contribution >= 4 is 11.7 Å². The Labute approximate surface area is 183 Å². The summed E-state index contributed by atoms with van der Waals surface area (Å²) >= 11 is 0. The van der Waals surface area contributed by atoms with Gasteiger partial charge < -0.3 is 10.0 Å². The molecule has 4 rings (SSSR count). The van der Waals surface area contributed by atoms with E-state index >= 15 is 0 Å². The van der Waals surface area contributed by atoms with Crippen LogP contribution in [0.1, 0.15) is 66.4 Å². The summed E-state index contributed by atoms with van der Waals surface area (Å²) in [4.78, 5) is 40.5. The number of halogens is 2. The molecule has 3 heterocycles. The van der Waals surface area contributed by atoms with Crippen molar-refractivity contribution < 1.29 is 23.5 Å². The predicted molar refractivity (Wildman–Crippen MR) is 113 cm³/mol. The molecule has 0 saturated carbocycles. The molecule has 2 atom stereocenters. The Morgan fingerprint density at radius 1 is 1.28 bits per heavy atom. The van der Waals surface area contributed by atoms with Crippen LogP contribution in [0.25, 0.3) is 0 Å². The van der Waals surface area contributed by atoms with Crippen LogP contribution in [0.4, 0.5) is 8.78 Å². The van der Waals surface area contributed by atoms with Crippen molar-refractivity contribution in [3.8, 4) is 5.75 Å². The lowest BCUT2D eigenvalue weighted by Gasteiger charge is -2.51. The normalized spacial score (nSPS) is 22.2. The Kier molecular flexibility index (Phi) is 5.30. The van der Waals surface area contributed by atoms with Crippen LogP contribution >= 0.6 is 0 Å². The number of carbonyl (C=O) groups is 2. The SMILES string of the molecule is CCN1C(=O)c2c(O)c(=O)c(C(=O)CCc3ccc(F)cc3F)cn2N2[C@H](C)CC[C@@]12C. The van der Waals surface area contributed by atoms with Crippen molar-refractivity contribution in [2.45, 2.75) is 58.2 Å². The smallest absolute Gasteiger partial charge is 0.278 e. The lowest BCUT2D eigenvalue weighted by molar-refractivity contribution is 0.0385. The molecule has 0 radical (unpaired) electrons. The van der Waals surface area contributed by atoms with Crippen LogP contribution in [0.5, 0.6) is 5.75 Å². The van der Waals surface area contributed by atoms with Crippen molar-refractivity contribution in [1.82, 2.24) is 9.58 Å². The van der Waals surface area contributed by atoms with E-state index in [9.17, 15) is 28.3 Å². The van der Waals surface area contributed by atoms with Crippen molar-refractivity contribution in [3.63, 3.8) is 0 Å². The molecular weight excluding hydrogens is 420 g/mol. The lowest BCUT2D eigenvalue weighted by atomic mass is 10.0. The fourth-order valence-electron chi connectivity index (χ4n) is 4.99. The van der Waals surface area contributed by atoms with E-state index in [1.54, 1.807) is 4.90 Å². The Morgan fingerprint density at radius 3 is 2.66 bits per heavy atom. The van der Waals surface area contributed by atoms with E-state index in [0.717, 1.165) is 18.6 Å².